The number of primary amides is 1. The molecule has 0 fully saturated rings. The minimum absolute atomic E-state index is 0.00618. The summed E-state index contributed by atoms with van der Waals surface area (Å²) in [5.74, 6) is -0.632. The molecule has 3 amide bonds. The number of urea groups is 1. The number of para-hydroxylation sites is 1. The van der Waals surface area contributed by atoms with Crippen molar-refractivity contribution in [1.82, 2.24) is 9.88 Å². The number of alkyl halides is 3. The Morgan fingerprint density at radius 3 is 2.47 bits per heavy atom. The number of hydrogen-bond donors (Lipinski definition) is 2. The number of benzene rings is 2. The Labute approximate surface area is 179 Å². The van der Waals surface area contributed by atoms with Crippen LogP contribution >= 0.6 is 23.2 Å². The third-order valence-electron chi connectivity index (χ3n) is 4.63. The van der Waals surface area contributed by atoms with Gasteiger partial charge in [-0.2, -0.15) is 13.2 Å². The van der Waals surface area contributed by atoms with E-state index >= 15 is 0 Å². The van der Waals surface area contributed by atoms with Gasteiger partial charge in [-0.3, -0.25) is 9.69 Å². The second-order valence-corrected chi connectivity index (χ2v) is 7.41. The first kappa shape index (κ1) is 22.0. The zero-order chi connectivity index (χ0) is 22.1. The number of rotatable bonds is 5. The molecular formula is C20H16Cl2F3N3O2. The molecule has 2 aromatic carbocycles. The molecule has 0 bridgehead atoms. The summed E-state index contributed by atoms with van der Waals surface area (Å²) in [6, 6.07) is 6.95. The number of aromatic nitrogens is 1. The second-order valence-electron chi connectivity index (χ2n) is 6.60. The van der Waals surface area contributed by atoms with E-state index < -0.39 is 30.2 Å². The van der Waals surface area contributed by atoms with Crippen molar-refractivity contribution in [2.45, 2.75) is 25.6 Å². The summed E-state index contributed by atoms with van der Waals surface area (Å²) in [6.07, 6.45) is -2.68. The molecule has 0 aliphatic rings. The lowest BCUT2D eigenvalue weighted by atomic mass is 10.1. The third-order valence-corrected chi connectivity index (χ3v) is 5.31. The number of nitrogens with one attached hydrogen (secondary N) is 1. The molecule has 0 spiro atoms. The van der Waals surface area contributed by atoms with Crippen molar-refractivity contribution in [1.29, 1.82) is 0 Å². The van der Waals surface area contributed by atoms with E-state index in [1.54, 1.807) is 18.3 Å². The minimum atomic E-state index is -4.59. The molecule has 5 nitrogen and oxygen atoms in total. The lowest BCUT2D eigenvalue weighted by Crippen LogP contribution is -2.40. The van der Waals surface area contributed by atoms with Crippen molar-refractivity contribution in [3.05, 3.63) is 69.3 Å². The molecule has 1 aromatic heterocycles. The Morgan fingerprint density at radius 1 is 1.07 bits per heavy atom. The number of nitrogens with zero attached hydrogens (tertiary/aromatic N) is 1. The average molecular weight is 458 g/mol. The van der Waals surface area contributed by atoms with E-state index in [1.165, 1.54) is 0 Å². The average Bonchev–Trinajstić information content (AvgIpc) is 3.08. The molecule has 0 radical (unpaired) electrons. The van der Waals surface area contributed by atoms with E-state index in [-0.39, 0.29) is 23.4 Å². The van der Waals surface area contributed by atoms with Crippen molar-refractivity contribution in [2.24, 2.45) is 5.73 Å². The predicted octanol–water partition coefficient (Wildman–Crippen LogP) is 5.53. The molecule has 0 unspecified atom stereocenters. The van der Waals surface area contributed by atoms with Crippen LogP contribution in [-0.2, 0) is 23.9 Å². The highest BCUT2D eigenvalue weighted by Crippen LogP contribution is 2.32. The monoisotopic (exact) mass is 457 g/mol. The van der Waals surface area contributed by atoms with Gasteiger partial charge in [0.1, 0.15) is 0 Å². The lowest BCUT2D eigenvalue weighted by Gasteiger charge is -2.20. The Bertz CT molecular complexity index is 1110. The van der Waals surface area contributed by atoms with Gasteiger partial charge in [0.15, 0.2) is 0 Å². The van der Waals surface area contributed by atoms with Crippen LogP contribution in [0, 0.1) is 0 Å². The Hall–Kier alpha value is -2.71. The Morgan fingerprint density at radius 2 is 1.80 bits per heavy atom. The SMILES string of the molecule is NC(=O)N(Cc1cc(C(F)(F)F)ccc1Cl)C(=O)CCc1c[nH]c2c(Cl)cccc12. The van der Waals surface area contributed by atoms with Crippen LogP contribution in [0.2, 0.25) is 10.0 Å². The van der Waals surface area contributed by atoms with Crippen molar-refractivity contribution in [2.75, 3.05) is 0 Å². The zero-order valence-corrected chi connectivity index (χ0v) is 16.9. The Kier molecular flexibility index (Phi) is 6.28. The van der Waals surface area contributed by atoms with Crippen molar-refractivity contribution < 1.29 is 22.8 Å². The molecular weight excluding hydrogens is 442 g/mol. The number of carbonyl (C=O) groups excluding carboxylic acids is 2. The smallest absolute Gasteiger partial charge is 0.360 e. The number of aryl methyl sites for hydroxylation is 1. The number of fused-ring (bicyclic) bond motifs is 1. The summed E-state index contributed by atoms with van der Waals surface area (Å²) in [5.41, 5.74) is 5.86. The van der Waals surface area contributed by atoms with Gasteiger partial charge in [0.05, 0.1) is 22.6 Å². The summed E-state index contributed by atoms with van der Waals surface area (Å²) in [5, 5.41) is 1.36. The first-order valence-electron chi connectivity index (χ1n) is 8.78. The van der Waals surface area contributed by atoms with Gasteiger partial charge in [0.2, 0.25) is 5.91 Å². The van der Waals surface area contributed by atoms with Crippen LogP contribution in [0.15, 0.2) is 42.6 Å². The largest absolute Gasteiger partial charge is 0.416 e. The van der Waals surface area contributed by atoms with Gasteiger partial charge in [-0.05, 0) is 41.8 Å². The van der Waals surface area contributed by atoms with E-state index in [2.05, 4.69) is 4.98 Å². The van der Waals surface area contributed by atoms with Gasteiger partial charge in [-0.25, -0.2) is 4.79 Å². The van der Waals surface area contributed by atoms with Gasteiger partial charge in [0, 0.05) is 23.0 Å². The summed E-state index contributed by atoms with van der Waals surface area (Å²) in [4.78, 5) is 28.1. The molecule has 0 aliphatic heterocycles. The number of amides is 3. The molecule has 0 saturated heterocycles. The van der Waals surface area contributed by atoms with E-state index in [9.17, 15) is 22.8 Å². The van der Waals surface area contributed by atoms with Crippen LogP contribution in [0.4, 0.5) is 18.0 Å². The highest BCUT2D eigenvalue weighted by molar-refractivity contribution is 6.35. The van der Waals surface area contributed by atoms with Crippen LogP contribution in [-0.4, -0.2) is 21.8 Å². The predicted molar refractivity (Wildman–Crippen MR) is 108 cm³/mol. The lowest BCUT2D eigenvalue weighted by molar-refractivity contribution is -0.137. The number of halogens is 5. The quantitative estimate of drug-likeness (QED) is 0.527. The van der Waals surface area contributed by atoms with E-state index in [0.717, 1.165) is 34.7 Å². The van der Waals surface area contributed by atoms with Crippen molar-refractivity contribution in [3.63, 3.8) is 0 Å². The molecule has 1 heterocycles. The number of nitrogens with two attached hydrogens (primary N) is 1. The maximum absolute atomic E-state index is 13.0. The van der Waals surface area contributed by atoms with Crippen molar-refractivity contribution >= 4 is 46.0 Å². The topological polar surface area (TPSA) is 79.2 Å². The van der Waals surface area contributed by atoms with Gasteiger partial charge in [-0.15, -0.1) is 0 Å². The molecule has 0 saturated carbocycles. The summed E-state index contributed by atoms with van der Waals surface area (Å²) in [7, 11) is 0. The zero-order valence-electron chi connectivity index (χ0n) is 15.4. The fourth-order valence-electron chi connectivity index (χ4n) is 3.09. The molecule has 3 aromatic rings. The van der Waals surface area contributed by atoms with Gasteiger partial charge in [-0.1, -0.05) is 35.3 Å². The highest BCUT2D eigenvalue weighted by atomic mass is 35.5. The highest BCUT2D eigenvalue weighted by Gasteiger charge is 2.31. The second kappa shape index (κ2) is 8.57. The van der Waals surface area contributed by atoms with Gasteiger partial charge >= 0.3 is 12.2 Å². The van der Waals surface area contributed by atoms with Gasteiger partial charge in [0.25, 0.3) is 0 Å². The normalized spacial score (nSPS) is 11.6. The maximum Gasteiger partial charge on any atom is 0.416 e. The summed E-state index contributed by atoms with van der Waals surface area (Å²) < 4.78 is 38.9. The van der Waals surface area contributed by atoms with Crippen LogP contribution in [0.25, 0.3) is 10.9 Å². The molecule has 3 N–H and O–H groups in total. The van der Waals surface area contributed by atoms with E-state index in [4.69, 9.17) is 28.9 Å². The van der Waals surface area contributed by atoms with E-state index in [1.807, 2.05) is 6.07 Å². The fraction of sp³-hybridized carbons (Fsp3) is 0.200. The third kappa shape index (κ3) is 4.71. The molecule has 3 rings (SSSR count). The first-order valence-corrected chi connectivity index (χ1v) is 9.53. The summed E-state index contributed by atoms with van der Waals surface area (Å²) >= 11 is 12.1. The number of imide groups is 1. The van der Waals surface area contributed by atoms with E-state index in [0.29, 0.717) is 9.92 Å². The number of carbonyl (C=O) groups is 2. The fourth-order valence-corrected chi connectivity index (χ4v) is 3.50. The number of hydrogen-bond acceptors (Lipinski definition) is 2. The molecule has 0 atom stereocenters. The number of H-pyrrole nitrogens is 1. The van der Waals surface area contributed by atoms with Crippen LogP contribution in [0.1, 0.15) is 23.1 Å². The molecule has 10 heteroatoms. The molecule has 158 valence electrons. The first-order chi connectivity index (χ1) is 14.1. The summed E-state index contributed by atoms with van der Waals surface area (Å²) in [6.45, 7) is -0.462. The molecule has 0 aliphatic carbocycles. The molecule has 30 heavy (non-hydrogen) atoms. The van der Waals surface area contributed by atoms with Crippen molar-refractivity contribution in [3.8, 4) is 0 Å². The maximum atomic E-state index is 13.0. The number of aromatic amines is 1. The van der Waals surface area contributed by atoms with Crippen LogP contribution < -0.4 is 5.73 Å². The Balaban J connectivity index is 1.77. The minimum Gasteiger partial charge on any atom is -0.360 e. The van der Waals surface area contributed by atoms with Crippen LogP contribution in [0.5, 0.6) is 0 Å². The van der Waals surface area contributed by atoms with Crippen LogP contribution in [0.3, 0.4) is 0 Å². The van der Waals surface area contributed by atoms with Gasteiger partial charge < -0.3 is 10.7 Å². The standard InChI is InChI=1S/C20H16Cl2F3N3O2/c21-15-6-5-13(20(23,24)25)8-12(15)10-28(19(26)30)17(29)7-4-11-9-27-18-14(11)2-1-3-16(18)22/h1-3,5-6,8-9,27H,4,7,10H2,(H2,26,30).